The Balaban J connectivity index is 2.25. The van der Waals surface area contributed by atoms with Crippen LogP contribution in [0.2, 0.25) is 0 Å². The average Bonchev–Trinajstić information content (AvgIpc) is 2.59. The van der Waals surface area contributed by atoms with Crippen molar-refractivity contribution in [2.75, 3.05) is 0 Å². The Hall–Kier alpha value is -1.19. The molecule has 2 aliphatic rings. The standard InChI is InChI=1S/C13H18O4/c1-12(2)6-9(14)13(10(15)7-12)4-3-8(5-13)11(16)17/h8H,3-7H2,1-2H3,(H,16,17). The molecule has 0 amide bonds. The number of hydrogen-bond acceptors (Lipinski definition) is 3. The van der Waals surface area contributed by atoms with E-state index in [2.05, 4.69) is 0 Å². The predicted octanol–water partition coefficient (Wildman–Crippen LogP) is 1.82. The lowest BCUT2D eigenvalue weighted by Gasteiger charge is -2.38. The Morgan fingerprint density at radius 2 is 1.76 bits per heavy atom. The van der Waals surface area contributed by atoms with Crippen molar-refractivity contribution in [3.8, 4) is 0 Å². The van der Waals surface area contributed by atoms with Crippen LogP contribution in [-0.2, 0) is 14.4 Å². The van der Waals surface area contributed by atoms with E-state index < -0.39 is 17.3 Å². The molecule has 2 aliphatic carbocycles. The van der Waals surface area contributed by atoms with E-state index in [1.54, 1.807) is 0 Å². The van der Waals surface area contributed by atoms with Gasteiger partial charge < -0.3 is 5.11 Å². The van der Waals surface area contributed by atoms with Crippen LogP contribution in [0.5, 0.6) is 0 Å². The van der Waals surface area contributed by atoms with Gasteiger partial charge in [0.1, 0.15) is 11.6 Å². The lowest BCUT2D eigenvalue weighted by molar-refractivity contribution is -0.148. The fourth-order valence-corrected chi connectivity index (χ4v) is 3.19. The molecule has 94 valence electrons. The van der Waals surface area contributed by atoms with Gasteiger partial charge in [0.2, 0.25) is 0 Å². The zero-order valence-electron chi connectivity index (χ0n) is 10.3. The highest BCUT2D eigenvalue weighted by Gasteiger charge is 2.56. The van der Waals surface area contributed by atoms with Crippen molar-refractivity contribution >= 4 is 17.5 Å². The first kappa shape index (κ1) is 12.3. The van der Waals surface area contributed by atoms with Gasteiger partial charge in [-0.2, -0.15) is 0 Å². The van der Waals surface area contributed by atoms with Crippen LogP contribution in [0, 0.1) is 16.7 Å². The highest BCUT2D eigenvalue weighted by molar-refractivity contribution is 6.10. The number of ketones is 2. The minimum Gasteiger partial charge on any atom is -0.481 e. The third kappa shape index (κ3) is 1.90. The van der Waals surface area contributed by atoms with Crippen molar-refractivity contribution in [2.45, 2.75) is 46.0 Å². The SMILES string of the molecule is CC1(C)CC(=O)C2(CCC(C(=O)O)C2)C(=O)C1. The molecular weight excluding hydrogens is 220 g/mol. The van der Waals surface area contributed by atoms with Crippen LogP contribution >= 0.6 is 0 Å². The molecule has 0 saturated heterocycles. The highest BCUT2D eigenvalue weighted by atomic mass is 16.4. The second-order valence-electron chi connectivity index (χ2n) is 6.22. The van der Waals surface area contributed by atoms with Crippen LogP contribution in [-0.4, -0.2) is 22.6 Å². The topological polar surface area (TPSA) is 71.4 Å². The van der Waals surface area contributed by atoms with Gasteiger partial charge in [-0.1, -0.05) is 13.8 Å². The van der Waals surface area contributed by atoms with E-state index in [4.69, 9.17) is 5.11 Å². The van der Waals surface area contributed by atoms with Gasteiger partial charge >= 0.3 is 5.97 Å². The minimum atomic E-state index is -0.960. The molecule has 0 heterocycles. The molecule has 0 aromatic heterocycles. The average molecular weight is 238 g/mol. The van der Waals surface area contributed by atoms with Gasteiger partial charge in [0, 0.05) is 12.8 Å². The lowest BCUT2D eigenvalue weighted by atomic mass is 9.62. The smallest absolute Gasteiger partial charge is 0.306 e. The quantitative estimate of drug-likeness (QED) is 0.707. The van der Waals surface area contributed by atoms with E-state index >= 15 is 0 Å². The number of carboxylic acid groups (broad SMARTS) is 1. The van der Waals surface area contributed by atoms with Gasteiger partial charge in [-0.05, 0) is 24.7 Å². The lowest BCUT2D eigenvalue weighted by Crippen LogP contribution is -2.46. The number of carboxylic acids is 1. The minimum absolute atomic E-state index is 0.0394. The molecule has 17 heavy (non-hydrogen) atoms. The van der Waals surface area contributed by atoms with Gasteiger partial charge in [-0.3, -0.25) is 14.4 Å². The molecule has 0 bridgehead atoms. The Labute approximate surface area is 100 Å². The summed E-state index contributed by atoms with van der Waals surface area (Å²) in [5, 5.41) is 8.98. The summed E-state index contributed by atoms with van der Waals surface area (Å²) in [5.41, 5.74) is -1.22. The van der Waals surface area contributed by atoms with E-state index in [9.17, 15) is 14.4 Å². The monoisotopic (exact) mass is 238 g/mol. The molecule has 2 rings (SSSR count). The summed E-state index contributed by atoms with van der Waals surface area (Å²) >= 11 is 0. The Morgan fingerprint density at radius 1 is 1.24 bits per heavy atom. The first-order valence-corrected chi connectivity index (χ1v) is 6.06. The van der Waals surface area contributed by atoms with Crippen LogP contribution in [0.3, 0.4) is 0 Å². The third-order valence-electron chi connectivity index (χ3n) is 4.21. The first-order valence-electron chi connectivity index (χ1n) is 6.06. The zero-order valence-corrected chi connectivity index (χ0v) is 10.3. The van der Waals surface area contributed by atoms with Crippen molar-refractivity contribution in [1.82, 2.24) is 0 Å². The zero-order chi connectivity index (χ0) is 12.8. The van der Waals surface area contributed by atoms with Crippen LogP contribution < -0.4 is 0 Å². The maximum atomic E-state index is 12.2. The van der Waals surface area contributed by atoms with E-state index in [1.165, 1.54) is 0 Å². The maximum Gasteiger partial charge on any atom is 0.306 e. The summed E-state index contributed by atoms with van der Waals surface area (Å²) in [5.74, 6) is -1.48. The van der Waals surface area contributed by atoms with Gasteiger partial charge in [0.25, 0.3) is 0 Å². The second-order valence-corrected chi connectivity index (χ2v) is 6.22. The largest absolute Gasteiger partial charge is 0.481 e. The maximum absolute atomic E-state index is 12.2. The van der Waals surface area contributed by atoms with Gasteiger partial charge in [-0.25, -0.2) is 0 Å². The molecule has 0 aliphatic heterocycles. The summed E-state index contributed by atoms with van der Waals surface area (Å²) in [6, 6.07) is 0. The summed E-state index contributed by atoms with van der Waals surface area (Å²) in [7, 11) is 0. The van der Waals surface area contributed by atoms with Gasteiger partial charge in [0.15, 0.2) is 0 Å². The molecule has 1 atom stereocenters. The van der Waals surface area contributed by atoms with E-state index in [1.807, 2.05) is 13.8 Å². The Morgan fingerprint density at radius 3 is 2.18 bits per heavy atom. The fraction of sp³-hybridized carbons (Fsp3) is 0.769. The number of carbonyl (C=O) groups is 3. The molecule has 4 nitrogen and oxygen atoms in total. The first-order chi connectivity index (χ1) is 7.77. The molecule has 1 N–H and O–H groups in total. The summed E-state index contributed by atoms with van der Waals surface area (Å²) < 4.78 is 0. The fourth-order valence-electron chi connectivity index (χ4n) is 3.19. The molecule has 0 radical (unpaired) electrons. The van der Waals surface area contributed by atoms with Gasteiger partial charge in [-0.15, -0.1) is 0 Å². The summed E-state index contributed by atoms with van der Waals surface area (Å²) in [4.78, 5) is 35.3. The summed E-state index contributed by atoms with van der Waals surface area (Å²) in [6.45, 7) is 3.83. The Bertz CT molecular complexity index is 374. The van der Waals surface area contributed by atoms with E-state index in [0.717, 1.165) is 0 Å². The predicted molar refractivity (Wildman–Crippen MR) is 60.4 cm³/mol. The number of hydrogen-bond donors (Lipinski definition) is 1. The number of aliphatic carboxylic acids is 1. The highest BCUT2D eigenvalue weighted by Crippen LogP contribution is 2.51. The van der Waals surface area contributed by atoms with Crippen molar-refractivity contribution in [2.24, 2.45) is 16.7 Å². The molecule has 1 unspecified atom stereocenters. The van der Waals surface area contributed by atoms with Crippen LogP contribution in [0.15, 0.2) is 0 Å². The van der Waals surface area contributed by atoms with Crippen LogP contribution in [0.25, 0.3) is 0 Å². The second kappa shape index (κ2) is 3.65. The van der Waals surface area contributed by atoms with E-state index in [-0.39, 0.29) is 23.4 Å². The molecule has 2 saturated carbocycles. The molecule has 1 spiro atoms. The third-order valence-corrected chi connectivity index (χ3v) is 4.21. The van der Waals surface area contributed by atoms with E-state index in [0.29, 0.717) is 25.7 Å². The van der Waals surface area contributed by atoms with Crippen LogP contribution in [0.4, 0.5) is 0 Å². The van der Waals surface area contributed by atoms with Crippen molar-refractivity contribution < 1.29 is 19.5 Å². The normalized spacial score (nSPS) is 30.8. The van der Waals surface area contributed by atoms with Crippen molar-refractivity contribution in [3.05, 3.63) is 0 Å². The molecular formula is C13H18O4. The molecule has 0 aromatic carbocycles. The number of carbonyl (C=O) groups excluding carboxylic acids is 2. The molecule has 0 aromatic rings. The summed E-state index contributed by atoms with van der Waals surface area (Å²) in [6.07, 6.45) is 1.89. The van der Waals surface area contributed by atoms with Gasteiger partial charge in [0.05, 0.1) is 11.3 Å². The number of rotatable bonds is 1. The molecule has 4 heteroatoms. The van der Waals surface area contributed by atoms with Crippen LogP contribution in [0.1, 0.15) is 46.0 Å². The Kier molecular flexibility index (Phi) is 2.64. The van der Waals surface area contributed by atoms with Crippen molar-refractivity contribution in [1.29, 1.82) is 0 Å². The molecule has 2 fully saturated rings. The number of Topliss-reactive ketones (excluding diaryl/α,β-unsaturated/α-hetero) is 2. The van der Waals surface area contributed by atoms with Crippen molar-refractivity contribution in [3.63, 3.8) is 0 Å².